The van der Waals surface area contributed by atoms with Crippen LogP contribution in [0, 0.1) is 0 Å². The average molecular weight is 254 g/mol. The molecule has 0 aliphatic heterocycles. The van der Waals surface area contributed by atoms with Gasteiger partial charge >= 0.3 is 0 Å². The van der Waals surface area contributed by atoms with Crippen LogP contribution >= 0.6 is 22.6 Å². The van der Waals surface area contributed by atoms with Crippen molar-refractivity contribution in [2.45, 2.75) is 18.3 Å². The number of hydrogen-bond acceptors (Lipinski definition) is 1. The highest BCUT2D eigenvalue weighted by Gasteiger charge is 2.32. The summed E-state index contributed by atoms with van der Waals surface area (Å²) < 4.78 is 12.5. The van der Waals surface area contributed by atoms with Crippen LogP contribution in [0.4, 0.5) is 4.39 Å². The van der Waals surface area contributed by atoms with E-state index in [4.69, 9.17) is 7.85 Å². The monoisotopic (exact) mass is 254 g/mol. The third-order valence-corrected chi connectivity index (χ3v) is 2.36. The summed E-state index contributed by atoms with van der Waals surface area (Å²) in [5.74, 6) is -0.623. The average Bonchev–Trinajstić information content (AvgIpc) is 1.85. The van der Waals surface area contributed by atoms with E-state index >= 15 is 0 Å². The molecule has 0 aromatic rings. The maximum absolute atomic E-state index is 12.1. The second-order valence-electron chi connectivity index (χ2n) is 2.25. The van der Waals surface area contributed by atoms with E-state index in [9.17, 15) is 9.50 Å². The summed E-state index contributed by atoms with van der Waals surface area (Å²) in [6.07, 6.45) is 0. The number of rotatable bonds is 3. The molecule has 0 spiro atoms. The summed E-state index contributed by atoms with van der Waals surface area (Å²) in [5, 5.41) is 9.37. The summed E-state index contributed by atoms with van der Waals surface area (Å²) in [7, 11) is 5.33. The predicted octanol–water partition coefficient (Wildman–Crippen LogP) is 1.61. The van der Waals surface area contributed by atoms with Crippen molar-refractivity contribution in [2.75, 3.05) is 6.67 Å². The normalized spacial score (nSPS) is 19.6. The fourth-order valence-electron chi connectivity index (χ4n) is 0.441. The van der Waals surface area contributed by atoms with Gasteiger partial charge in [0, 0.05) is 3.58 Å². The highest BCUT2D eigenvalue weighted by Crippen LogP contribution is 2.31. The smallest absolute Gasteiger partial charge is 0.122 e. The van der Waals surface area contributed by atoms with Gasteiger partial charge in [-0.3, -0.25) is 0 Å². The Labute approximate surface area is 75.2 Å². The van der Waals surface area contributed by atoms with Crippen molar-refractivity contribution >= 4 is 30.4 Å². The molecule has 0 aromatic heterocycles. The van der Waals surface area contributed by atoms with Crippen LogP contribution in [0.5, 0.6) is 0 Å². The first-order valence-electron chi connectivity index (χ1n) is 2.84. The lowest BCUT2D eigenvalue weighted by Gasteiger charge is -2.28. The van der Waals surface area contributed by atoms with Gasteiger partial charge in [0.05, 0.1) is 7.85 Å². The van der Waals surface area contributed by atoms with Crippen LogP contribution in [-0.4, -0.2) is 25.2 Å². The Balaban J connectivity index is 4.38. The van der Waals surface area contributed by atoms with E-state index in [1.54, 1.807) is 29.5 Å². The molecule has 0 rings (SSSR count). The van der Waals surface area contributed by atoms with Gasteiger partial charge in [0.1, 0.15) is 12.3 Å². The van der Waals surface area contributed by atoms with Crippen molar-refractivity contribution in [2.24, 2.45) is 0 Å². The molecule has 0 amide bonds. The highest BCUT2D eigenvalue weighted by atomic mass is 127. The predicted molar refractivity (Wildman–Crippen MR) is 49.3 cm³/mol. The largest absolute Gasteiger partial charge is 0.382 e. The molecular weight excluding hydrogens is 245 g/mol. The Morgan fingerprint density at radius 1 is 2.00 bits per heavy atom. The van der Waals surface area contributed by atoms with E-state index in [1.807, 2.05) is 0 Å². The Bertz CT molecular complexity index is 140. The molecule has 0 aromatic carbocycles. The van der Waals surface area contributed by atoms with Crippen molar-refractivity contribution in [3.05, 3.63) is 10.2 Å². The van der Waals surface area contributed by atoms with Crippen molar-refractivity contribution < 1.29 is 9.50 Å². The van der Waals surface area contributed by atoms with Gasteiger partial charge in [0.25, 0.3) is 0 Å². The fraction of sp³-hybridized carbons (Fsp3) is 0.667. The maximum atomic E-state index is 12.1. The molecule has 56 valence electrons. The number of hydrogen-bond donors (Lipinski definition) is 1. The third-order valence-electron chi connectivity index (χ3n) is 1.43. The van der Waals surface area contributed by atoms with Crippen molar-refractivity contribution in [1.82, 2.24) is 0 Å². The third kappa shape index (κ3) is 1.95. The van der Waals surface area contributed by atoms with Crippen LogP contribution in [0.1, 0.15) is 6.92 Å². The van der Waals surface area contributed by atoms with Crippen LogP contribution in [0.15, 0.2) is 10.2 Å². The molecular formula is C6H9BFIO. The molecule has 4 heteroatoms. The lowest BCUT2D eigenvalue weighted by atomic mass is 9.75. The summed E-state index contributed by atoms with van der Waals surface area (Å²) in [6, 6.07) is 0. The Morgan fingerprint density at radius 2 is 2.40 bits per heavy atom. The molecule has 0 saturated heterocycles. The zero-order chi connectivity index (χ0) is 8.36. The SMILES string of the molecule is [B][C@H](C)C(O)(CF)C(=C)I. The van der Waals surface area contributed by atoms with E-state index in [1.165, 1.54) is 0 Å². The quantitative estimate of drug-likeness (QED) is 0.599. The summed E-state index contributed by atoms with van der Waals surface area (Å²) in [4.78, 5) is 0. The van der Waals surface area contributed by atoms with Crippen LogP contribution in [0.25, 0.3) is 0 Å². The minimum Gasteiger partial charge on any atom is -0.382 e. The van der Waals surface area contributed by atoms with Crippen molar-refractivity contribution in [3.8, 4) is 0 Å². The maximum Gasteiger partial charge on any atom is 0.122 e. The molecule has 1 N–H and O–H groups in total. The number of alkyl halides is 1. The van der Waals surface area contributed by atoms with Crippen LogP contribution in [-0.2, 0) is 0 Å². The van der Waals surface area contributed by atoms with Gasteiger partial charge in [-0.05, 0) is 28.4 Å². The minimum atomic E-state index is -1.56. The Hall–Kier alpha value is 0.425. The van der Waals surface area contributed by atoms with Gasteiger partial charge in [-0.1, -0.05) is 13.5 Å². The van der Waals surface area contributed by atoms with E-state index in [0.717, 1.165) is 0 Å². The van der Waals surface area contributed by atoms with Gasteiger partial charge < -0.3 is 5.11 Å². The molecule has 2 atom stereocenters. The van der Waals surface area contributed by atoms with Crippen LogP contribution in [0.2, 0.25) is 5.82 Å². The number of aliphatic hydroxyl groups is 1. The van der Waals surface area contributed by atoms with Gasteiger partial charge in [-0.25, -0.2) is 4.39 Å². The van der Waals surface area contributed by atoms with E-state index < -0.39 is 18.1 Å². The highest BCUT2D eigenvalue weighted by molar-refractivity contribution is 14.1. The first-order valence-corrected chi connectivity index (χ1v) is 3.92. The minimum absolute atomic E-state index is 0.336. The molecule has 0 fully saturated rings. The topological polar surface area (TPSA) is 20.2 Å². The zero-order valence-electron chi connectivity index (χ0n) is 5.77. The second-order valence-corrected chi connectivity index (χ2v) is 3.55. The lowest BCUT2D eigenvalue weighted by Crippen LogP contribution is -2.35. The van der Waals surface area contributed by atoms with Crippen LogP contribution < -0.4 is 0 Å². The first kappa shape index (κ1) is 10.4. The summed E-state index contributed by atoms with van der Waals surface area (Å²) in [5.41, 5.74) is -1.56. The Kier molecular flexibility index (Phi) is 3.87. The molecule has 1 nitrogen and oxygen atoms in total. The second kappa shape index (κ2) is 3.71. The Morgan fingerprint density at radius 3 is 2.40 bits per heavy atom. The van der Waals surface area contributed by atoms with E-state index in [-0.39, 0.29) is 0 Å². The molecule has 10 heavy (non-hydrogen) atoms. The summed E-state index contributed by atoms with van der Waals surface area (Å²) in [6.45, 7) is 4.10. The van der Waals surface area contributed by atoms with Crippen molar-refractivity contribution in [3.63, 3.8) is 0 Å². The lowest BCUT2D eigenvalue weighted by molar-refractivity contribution is 0.0580. The van der Waals surface area contributed by atoms with E-state index in [2.05, 4.69) is 6.58 Å². The molecule has 0 aliphatic carbocycles. The molecule has 0 heterocycles. The standard InChI is InChI=1S/C6H9BFIO/c1-4(7)6(10,3-8)5(2)9/h4,10H,2-3H2,1H3/t4-,6?/m1/s1. The molecule has 1 unspecified atom stereocenters. The van der Waals surface area contributed by atoms with Crippen molar-refractivity contribution in [1.29, 1.82) is 0 Å². The molecule has 0 aliphatic rings. The van der Waals surface area contributed by atoms with Gasteiger partial charge in [0.15, 0.2) is 0 Å². The molecule has 2 radical (unpaired) electrons. The first-order chi connectivity index (χ1) is 4.45. The fourth-order valence-corrected chi connectivity index (χ4v) is 1.08. The van der Waals surface area contributed by atoms with Gasteiger partial charge in [-0.15, -0.1) is 0 Å². The number of halogens is 2. The van der Waals surface area contributed by atoms with Crippen LogP contribution in [0.3, 0.4) is 0 Å². The van der Waals surface area contributed by atoms with E-state index in [0.29, 0.717) is 3.58 Å². The van der Waals surface area contributed by atoms with Gasteiger partial charge in [-0.2, -0.15) is 0 Å². The zero-order valence-corrected chi connectivity index (χ0v) is 7.93. The van der Waals surface area contributed by atoms with Gasteiger partial charge in [0.2, 0.25) is 0 Å². The molecule has 0 bridgehead atoms. The summed E-state index contributed by atoms with van der Waals surface area (Å²) >= 11 is 1.77. The molecule has 0 saturated carbocycles.